The summed E-state index contributed by atoms with van der Waals surface area (Å²) < 4.78 is 30.3. The molecule has 0 spiro atoms. The van der Waals surface area contributed by atoms with Gasteiger partial charge in [0.15, 0.2) is 0 Å². The predicted molar refractivity (Wildman–Crippen MR) is 70.7 cm³/mol. The van der Waals surface area contributed by atoms with Crippen LogP contribution in [-0.2, 0) is 14.8 Å². The van der Waals surface area contributed by atoms with Gasteiger partial charge in [0.05, 0.1) is 12.4 Å². The summed E-state index contributed by atoms with van der Waals surface area (Å²) in [7, 11) is -1.53. The van der Waals surface area contributed by atoms with Gasteiger partial charge in [0.25, 0.3) is 0 Å². The lowest BCUT2D eigenvalue weighted by Crippen LogP contribution is -2.35. The summed E-state index contributed by atoms with van der Waals surface area (Å²) in [5.74, 6) is 0.232. The van der Waals surface area contributed by atoms with E-state index in [4.69, 9.17) is 4.74 Å². The Morgan fingerprint density at radius 1 is 1.24 bits per heavy atom. The maximum absolute atomic E-state index is 12.0. The van der Waals surface area contributed by atoms with Crippen LogP contribution >= 0.6 is 0 Å². The lowest BCUT2D eigenvalue weighted by Gasteiger charge is -2.19. The van der Waals surface area contributed by atoms with Gasteiger partial charge in [0, 0.05) is 20.2 Å². The molecular weight excluding hydrogens is 240 g/mol. The van der Waals surface area contributed by atoms with Crippen LogP contribution in [0.3, 0.4) is 0 Å². The minimum Gasteiger partial charge on any atom is -0.383 e. The maximum atomic E-state index is 12.0. The zero-order valence-corrected chi connectivity index (χ0v) is 12.1. The Bertz CT molecular complexity index is 268. The standard InChI is InChI=1S/C11H26N2O3S/c1-4-12-8-6-7-11-17(14,15)13(5-2)9-10-16-3/h12H,4-11H2,1-3H3. The third kappa shape index (κ3) is 7.70. The van der Waals surface area contributed by atoms with Gasteiger partial charge < -0.3 is 10.1 Å². The second-order valence-electron chi connectivity index (χ2n) is 3.86. The topological polar surface area (TPSA) is 58.6 Å². The number of rotatable bonds is 11. The van der Waals surface area contributed by atoms with E-state index in [-0.39, 0.29) is 5.75 Å². The molecule has 0 aliphatic carbocycles. The highest BCUT2D eigenvalue weighted by molar-refractivity contribution is 7.89. The third-order valence-electron chi connectivity index (χ3n) is 2.55. The number of nitrogens with one attached hydrogen (secondary N) is 1. The van der Waals surface area contributed by atoms with E-state index in [1.54, 1.807) is 7.11 Å². The van der Waals surface area contributed by atoms with E-state index in [0.29, 0.717) is 26.1 Å². The van der Waals surface area contributed by atoms with Crippen LogP contribution in [0.25, 0.3) is 0 Å². The molecule has 0 aromatic heterocycles. The average Bonchev–Trinajstić information content (AvgIpc) is 2.29. The monoisotopic (exact) mass is 266 g/mol. The highest BCUT2D eigenvalue weighted by Crippen LogP contribution is 2.04. The summed E-state index contributed by atoms with van der Waals surface area (Å²) in [6.45, 7) is 7.12. The van der Waals surface area contributed by atoms with Crippen molar-refractivity contribution in [3.63, 3.8) is 0 Å². The van der Waals surface area contributed by atoms with E-state index in [1.807, 2.05) is 13.8 Å². The minimum atomic E-state index is -3.11. The molecule has 0 bridgehead atoms. The largest absolute Gasteiger partial charge is 0.383 e. The zero-order valence-electron chi connectivity index (χ0n) is 11.2. The molecule has 0 unspecified atom stereocenters. The summed E-state index contributed by atoms with van der Waals surface area (Å²) in [5, 5.41) is 3.18. The van der Waals surface area contributed by atoms with Gasteiger partial charge in [-0.05, 0) is 25.9 Å². The fraction of sp³-hybridized carbons (Fsp3) is 1.00. The van der Waals surface area contributed by atoms with Crippen LogP contribution in [0, 0.1) is 0 Å². The van der Waals surface area contributed by atoms with Gasteiger partial charge in [0.2, 0.25) is 10.0 Å². The van der Waals surface area contributed by atoms with Crippen molar-refractivity contribution in [1.82, 2.24) is 9.62 Å². The fourth-order valence-corrected chi connectivity index (χ4v) is 3.10. The minimum absolute atomic E-state index is 0.232. The van der Waals surface area contributed by atoms with Crippen molar-refractivity contribution in [3.05, 3.63) is 0 Å². The Balaban J connectivity index is 3.97. The molecule has 1 N–H and O–H groups in total. The van der Waals surface area contributed by atoms with Crippen LogP contribution in [0.4, 0.5) is 0 Å². The van der Waals surface area contributed by atoms with Crippen LogP contribution in [-0.4, -0.2) is 58.4 Å². The number of hydrogen-bond acceptors (Lipinski definition) is 4. The average molecular weight is 266 g/mol. The summed E-state index contributed by atoms with van der Waals surface area (Å²) in [5.41, 5.74) is 0. The molecule has 0 fully saturated rings. The number of sulfonamides is 1. The molecule has 0 aliphatic heterocycles. The molecule has 0 aliphatic rings. The molecule has 17 heavy (non-hydrogen) atoms. The number of unbranched alkanes of at least 4 members (excludes halogenated alkanes) is 1. The second-order valence-corrected chi connectivity index (χ2v) is 5.95. The molecule has 104 valence electrons. The molecule has 0 amide bonds. The molecule has 5 nitrogen and oxygen atoms in total. The third-order valence-corrected chi connectivity index (χ3v) is 4.58. The molecule has 0 saturated heterocycles. The van der Waals surface area contributed by atoms with Gasteiger partial charge in [-0.2, -0.15) is 4.31 Å². The van der Waals surface area contributed by atoms with Crippen LogP contribution < -0.4 is 5.32 Å². The lowest BCUT2D eigenvalue weighted by molar-refractivity contribution is 0.180. The number of methoxy groups -OCH3 is 1. The van der Waals surface area contributed by atoms with E-state index in [2.05, 4.69) is 5.32 Å². The highest BCUT2D eigenvalue weighted by atomic mass is 32.2. The lowest BCUT2D eigenvalue weighted by atomic mass is 10.3. The summed E-state index contributed by atoms with van der Waals surface area (Å²) in [4.78, 5) is 0. The Kier molecular flexibility index (Phi) is 9.72. The van der Waals surface area contributed by atoms with Gasteiger partial charge >= 0.3 is 0 Å². The first kappa shape index (κ1) is 16.8. The Morgan fingerprint density at radius 2 is 1.94 bits per heavy atom. The van der Waals surface area contributed by atoms with E-state index in [1.165, 1.54) is 4.31 Å². The van der Waals surface area contributed by atoms with Crippen molar-refractivity contribution in [2.24, 2.45) is 0 Å². The predicted octanol–water partition coefficient (Wildman–Crippen LogP) is 0.674. The van der Waals surface area contributed by atoms with E-state index in [0.717, 1.165) is 19.5 Å². The van der Waals surface area contributed by atoms with Crippen molar-refractivity contribution >= 4 is 10.0 Å². The first-order valence-corrected chi connectivity index (χ1v) is 7.86. The smallest absolute Gasteiger partial charge is 0.214 e. The molecule has 6 heteroatoms. The Labute approximate surface area is 106 Å². The molecule has 0 aromatic carbocycles. The van der Waals surface area contributed by atoms with Crippen LogP contribution in [0.15, 0.2) is 0 Å². The van der Waals surface area contributed by atoms with Crippen molar-refractivity contribution in [3.8, 4) is 0 Å². The SMILES string of the molecule is CCNCCCCS(=O)(=O)N(CC)CCOC. The number of nitrogens with zero attached hydrogens (tertiary/aromatic N) is 1. The summed E-state index contributed by atoms with van der Waals surface area (Å²) >= 11 is 0. The van der Waals surface area contributed by atoms with Gasteiger partial charge in [-0.25, -0.2) is 8.42 Å². The number of ether oxygens (including phenoxy) is 1. The van der Waals surface area contributed by atoms with Crippen molar-refractivity contribution in [2.75, 3.05) is 45.6 Å². The molecule has 0 heterocycles. The summed E-state index contributed by atoms with van der Waals surface area (Å²) in [6.07, 6.45) is 1.60. The first-order valence-electron chi connectivity index (χ1n) is 6.26. The van der Waals surface area contributed by atoms with Gasteiger partial charge in [0.1, 0.15) is 0 Å². The molecule has 0 aromatic rings. The number of likely N-dealkylation sites (N-methyl/N-ethyl adjacent to an activating group) is 1. The van der Waals surface area contributed by atoms with E-state index >= 15 is 0 Å². The molecule has 0 saturated carbocycles. The zero-order chi connectivity index (χ0) is 13.1. The van der Waals surface area contributed by atoms with Gasteiger partial charge in [-0.1, -0.05) is 13.8 Å². The Morgan fingerprint density at radius 3 is 2.47 bits per heavy atom. The van der Waals surface area contributed by atoms with Crippen molar-refractivity contribution in [2.45, 2.75) is 26.7 Å². The summed E-state index contributed by atoms with van der Waals surface area (Å²) in [6, 6.07) is 0. The second kappa shape index (κ2) is 9.82. The van der Waals surface area contributed by atoms with Crippen molar-refractivity contribution < 1.29 is 13.2 Å². The molecule has 0 radical (unpaired) electrons. The van der Waals surface area contributed by atoms with E-state index in [9.17, 15) is 8.42 Å². The van der Waals surface area contributed by atoms with E-state index < -0.39 is 10.0 Å². The van der Waals surface area contributed by atoms with Crippen LogP contribution in [0.1, 0.15) is 26.7 Å². The maximum Gasteiger partial charge on any atom is 0.214 e. The van der Waals surface area contributed by atoms with Gasteiger partial charge in [-0.15, -0.1) is 0 Å². The normalized spacial score (nSPS) is 12.2. The first-order chi connectivity index (χ1) is 8.08. The fourth-order valence-electron chi connectivity index (χ4n) is 1.53. The van der Waals surface area contributed by atoms with Gasteiger partial charge in [-0.3, -0.25) is 0 Å². The molecule has 0 atom stereocenters. The highest BCUT2D eigenvalue weighted by Gasteiger charge is 2.19. The van der Waals surface area contributed by atoms with Crippen molar-refractivity contribution in [1.29, 1.82) is 0 Å². The molecule has 0 rings (SSSR count). The molecular formula is C11H26N2O3S. The van der Waals surface area contributed by atoms with Crippen LogP contribution in [0.2, 0.25) is 0 Å². The quantitative estimate of drug-likeness (QED) is 0.559. The number of hydrogen-bond donors (Lipinski definition) is 1. The van der Waals surface area contributed by atoms with Crippen LogP contribution in [0.5, 0.6) is 0 Å². The Hall–Kier alpha value is -0.170.